The number of hydrogen-bond acceptors (Lipinski definition) is 4. The molecule has 1 aromatic rings. The van der Waals surface area contributed by atoms with Crippen molar-refractivity contribution < 1.29 is 4.79 Å². The third-order valence-electron chi connectivity index (χ3n) is 2.65. The average molecular weight is 236 g/mol. The summed E-state index contributed by atoms with van der Waals surface area (Å²) in [6.07, 6.45) is 1.73. The molecule has 0 saturated carbocycles. The van der Waals surface area contributed by atoms with Crippen molar-refractivity contribution in [3.8, 4) is 0 Å². The number of primary amides is 1. The van der Waals surface area contributed by atoms with E-state index in [1.54, 1.807) is 6.20 Å². The Labute approximate surface area is 102 Å². The van der Waals surface area contributed by atoms with Gasteiger partial charge in [0, 0.05) is 12.2 Å². The van der Waals surface area contributed by atoms with Crippen LogP contribution in [0, 0.1) is 0 Å². The molecule has 0 aromatic carbocycles. The van der Waals surface area contributed by atoms with Gasteiger partial charge in [-0.25, -0.2) is 0 Å². The first-order valence-corrected chi connectivity index (χ1v) is 5.75. The van der Waals surface area contributed by atoms with Gasteiger partial charge in [-0.2, -0.15) is 0 Å². The molecule has 0 aliphatic carbocycles. The second-order valence-electron chi connectivity index (χ2n) is 4.09. The maximum atomic E-state index is 11.0. The number of amides is 1. The fourth-order valence-corrected chi connectivity index (χ4v) is 1.95. The lowest BCUT2D eigenvalue weighted by Crippen LogP contribution is -2.43. The Morgan fingerprint density at radius 1 is 1.53 bits per heavy atom. The van der Waals surface area contributed by atoms with Crippen molar-refractivity contribution in [2.75, 3.05) is 13.1 Å². The van der Waals surface area contributed by atoms with Crippen molar-refractivity contribution in [2.45, 2.75) is 25.9 Å². The molecule has 1 amide bonds. The Morgan fingerprint density at radius 2 is 2.24 bits per heavy atom. The first kappa shape index (κ1) is 13.6. The second-order valence-corrected chi connectivity index (χ2v) is 4.09. The maximum absolute atomic E-state index is 11.0. The van der Waals surface area contributed by atoms with Crippen LogP contribution in [-0.4, -0.2) is 34.9 Å². The van der Waals surface area contributed by atoms with Gasteiger partial charge in [0.1, 0.15) is 0 Å². The molecule has 0 bridgehead atoms. The van der Waals surface area contributed by atoms with Crippen LogP contribution >= 0.6 is 0 Å². The number of hydrogen-bond donors (Lipinski definition) is 2. The molecule has 1 rings (SSSR count). The average Bonchev–Trinajstić information content (AvgIpc) is 2.28. The van der Waals surface area contributed by atoms with Gasteiger partial charge in [-0.05, 0) is 25.6 Å². The van der Waals surface area contributed by atoms with E-state index in [2.05, 4.69) is 4.98 Å². The van der Waals surface area contributed by atoms with Crippen molar-refractivity contribution in [3.63, 3.8) is 0 Å². The molecule has 17 heavy (non-hydrogen) atoms. The molecule has 94 valence electrons. The summed E-state index contributed by atoms with van der Waals surface area (Å²) in [5, 5.41) is 0. The van der Waals surface area contributed by atoms with Gasteiger partial charge >= 0.3 is 0 Å². The van der Waals surface area contributed by atoms with Crippen LogP contribution in [0.5, 0.6) is 0 Å². The number of rotatable bonds is 6. The zero-order valence-electron chi connectivity index (χ0n) is 10.3. The lowest BCUT2D eigenvalue weighted by atomic mass is 10.0. The minimum absolute atomic E-state index is 0.0892. The minimum Gasteiger partial charge on any atom is -0.369 e. The summed E-state index contributed by atoms with van der Waals surface area (Å²) in [6.45, 7) is 4.77. The fourth-order valence-electron chi connectivity index (χ4n) is 1.95. The Kier molecular flexibility index (Phi) is 5.06. The van der Waals surface area contributed by atoms with Gasteiger partial charge in [0.05, 0.1) is 18.3 Å². The number of aromatic nitrogens is 1. The zero-order valence-corrected chi connectivity index (χ0v) is 10.3. The molecule has 4 N–H and O–H groups in total. The molecule has 5 heteroatoms. The molecule has 0 spiro atoms. The molecule has 2 atom stereocenters. The molecule has 5 nitrogen and oxygen atoms in total. The van der Waals surface area contributed by atoms with E-state index in [9.17, 15) is 4.79 Å². The summed E-state index contributed by atoms with van der Waals surface area (Å²) >= 11 is 0. The van der Waals surface area contributed by atoms with Gasteiger partial charge in [-0.3, -0.25) is 14.7 Å². The molecule has 1 aromatic heterocycles. The normalized spacial score (nSPS) is 14.6. The van der Waals surface area contributed by atoms with Crippen molar-refractivity contribution in [3.05, 3.63) is 30.1 Å². The van der Waals surface area contributed by atoms with Gasteiger partial charge < -0.3 is 11.5 Å². The number of nitrogens with zero attached hydrogens (tertiary/aromatic N) is 2. The first-order valence-electron chi connectivity index (χ1n) is 5.75. The van der Waals surface area contributed by atoms with Gasteiger partial charge in [-0.15, -0.1) is 0 Å². The number of carbonyl (C=O) groups excluding carboxylic acids is 1. The summed E-state index contributed by atoms with van der Waals surface area (Å²) in [5.74, 6) is -0.353. The predicted octanol–water partition coefficient (Wildman–Crippen LogP) is 0.277. The van der Waals surface area contributed by atoms with E-state index >= 15 is 0 Å². The Hall–Kier alpha value is -1.46. The first-order chi connectivity index (χ1) is 8.06. The van der Waals surface area contributed by atoms with Crippen LogP contribution in [0.15, 0.2) is 24.4 Å². The summed E-state index contributed by atoms with van der Waals surface area (Å²) in [4.78, 5) is 17.3. The largest absolute Gasteiger partial charge is 0.369 e. The van der Waals surface area contributed by atoms with Crippen LogP contribution < -0.4 is 11.5 Å². The highest BCUT2D eigenvalue weighted by molar-refractivity contribution is 5.76. The SMILES string of the molecule is CCN(CC(N)=O)C(c1ccccn1)C(C)N. The third kappa shape index (κ3) is 3.80. The van der Waals surface area contributed by atoms with Crippen LogP contribution in [0.2, 0.25) is 0 Å². The molecule has 0 aliphatic heterocycles. The van der Waals surface area contributed by atoms with Gasteiger partial charge in [0.15, 0.2) is 0 Å². The molecule has 0 saturated heterocycles. The molecule has 0 aliphatic rings. The number of likely N-dealkylation sites (N-methyl/N-ethyl adjacent to an activating group) is 1. The van der Waals surface area contributed by atoms with E-state index in [0.29, 0.717) is 6.54 Å². The number of carbonyl (C=O) groups is 1. The molecule has 1 heterocycles. The van der Waals surface area contributed by atoms with Crippen LogP contribution in [-0.2, 0) is 4.79 Å². The lowest BCUT2D eigenvalue weighted by Gasteiger charge is -2.31. The highest BCUT2D eigenvalue weighted by atomic mass is 16.1. The van der Waals surface area contributed by atoms with Crippen molar-refractivity contribution in [1.29, 1.82) is 0 Å². The number of pyridine rings is 1. The Bertz CT molecular complexity index is 353. The fraction of sp³-hybridized carbons (Fsp3) is 0.500. The van der Waals surface area contributed by atoms with E-state index in [1.165, 1.54) is 0 Å². The zero-order chi connectivity index (χ0) is 12.8. The summed E-state index contributed by atoms with van der Waals surface area (Å²) in [6, 6.07) is 5.47. The smallest absolute Gasteiger partial charge is 0.231 e. The van der Waals surface area contributed by atoms with Crippen LogP contribution in [0.1, 0.15) is 25.6 Å². The molecule has 2 unspecified atom stereocenters. The van der Waals surface area contributed by atoms with Gasteiger partial charge in [-0.1, -0.05) is 13.0 Å². The second kappa shape index (κ2) is 6.32. The lowest BCUT2D eigenvalue weighted by molar-refractivity contribution is -0.119. The molecular formula is C12H20N4O. The minimum atomic E-state index is -0.353. The third-order valence-corrected chi connectivity index (χ3v) is 2.65. The molecular weight excluding hydrogens is 216 g/mol. The van der Waals surface area contributed by atoms with Crippen LogP contribution in [0.3, 0.4) is 0 Å². The van der Waals surface area contributed by atoms with E-state index in [0.717, 1.165) is 5.69 Å². The summed E-state index contributed by atoms with van der Waals surface area (Å²) in [5.41, 5.74) is 12.1. The van der Waals surface area contributed by atoms with Crippen LogP contribution in [0.25, 0.3) is 0 Å². The Balaban J connectivity index is 2.95. The van der Waals surface area contributed by atoms with Gasteiger partial charge in [0.25, 0.3) is 0 Å². The van der Waals surface area contributed by atoms with Crippen molar-refractivity contribution in [1.82, 2.24) is 9.88 Å². The van der Waals surface area contributed by atoms with Crippen LogP contribution in [0.4, 0.5) is 0 Å². The highest BCUT2D eigenvalue weighted by Crippen LogP contribution is 2.20. The topological polar surface area (TPSA) is 85.2 Å². The predicted molar refractivity (Wildman–Crippen MR) is 67.1 cm³/mol. The number of nitrogens with two attached hydrogens (primary N) is 2. The molecule has 0 fully saturated rings. The van der Waals surface area contributed by atoms with Crippen molar-refractivity contribution >= 4 is 5.91 Å². The summed E-state index contributed by atoms with van der Waals surface area (Å²) < 4.78 is 0. The quantitative estimate of drug-likeness (QED) is 0.742. The Morgan fingerprint density at radius 3 is 2.65 bits per heavy atom. The van der Waals surface area contributed by atoms with Crippen molar-refractivity contribution in [2.24, 2.45) is 11.5 Å². The molecule has 0 radical (unpaired) electrons. The highest BCUT2D eigenvalue weighted by Gasteiger charge is 2.24. The maximum Gasteiger partial charge on any atom is 0.231 e. The summed E-state index contributed by atoms with van der Waals surface area (Å²) in [7, 11) is 0. The van der Waals surface area contributed by atoms with Gasteiger partial charge in [0.2, 0.25) is 5.91 Å². The standard InChI is InChI=1S/C12H20N4O/c1-3-16(8-11(14)17)12(9(2)13)10-6-4-5-7-15-10/h4-7,9,12H,3,8,13H2,1-2H3,(H2,14,17). The monoisotopic (exact) mass is 236 g/mol. The van der Waals surface area contributed by atoms with E-state index in [4.69, 9.17) is 11.5 Å². The van der Waals surface area contributed by atoms with E-state index in [-0.39, 0.29) is 24.5 Å². The van der Waals surface area contributed by atoms with E-state index < -0.39 is 0 Å². The van der Waals surface area contributed by atoms with E-state index in [1.807, 2.05) is 36.9 Å².